The van der Waals surface area contributed by atoms with Crippen molar-refractivity contribution in [1.29, 1.82) is 0 Å². The van der Waals surface area contributed by atoms with Gasteiger partial charge in [0.1, 0.15) is 16.9 Å². The standard InChI is InChI=1S/C22H28N2O4/c1-14-16-11-15-5-6-22(2,3)28-18(15)13-19(16)27-21(26)17(14)12-20(25)24-9-7-23(4)8-10-24/h11,13H,5-10,12H2,1-4H3. The number of aryl methyl sites for hydroxylation is 2. The highest BCUT2D eigenvalue weighted by atomic mass is 16.5. The van der Waals surface area contributed by atoms with E-state index in [0.29, 0.717) is 24.2 Å². The maximum absolute atomic E-state index is 12.7. The number of carbonyl (C=O) groups excluding carboxylic acids is 1. The van der Waals surface area contributed by atoms with Crippen molar-refractivity contribution >= 4 is 16.9 Å². The molecule has 2 aromatic rings. The van der Waals surface area contributed by atoms with Crippen LogP contribution in [0.5, 0.6) is 5.75 Å². The third-order valence-electron chi connectivity index (χ3n) is 6.04. The van der Waals surface area contributed by atoms with Crippen LogP contribution < -0.4 is 10.4 Å². The second-order valence-electron chi connectivity index (χ2n) is 8.67. The molecule has 1 saturated heterocycles. The number of piperazine rings is 1. The lowest BCUT2D eigenvalue weighted by Gasteiger charge is -2.33. The summed E-state index contributed by atoms with van der Waals surface area (Å²) in [7, 11) is 2.05. The van der Waals surface area contributed by atoms with Gasteiger partial charge in [0, 0.05) is 37.6 Å². The first-order chi connectivity index (χ1) is 13.2. The van der Waals surface area contributed by atoms with E-state index < -0.39 is 5.63 Å². The molecule has 0 aliphatic carbocycles. The van der Waals surface area contributed by atoms with E-state index in [1.807, 2.05) is 17.9 Å². The fourth-order valence-electron chi connectivity index (χ4n) is 4.06. The number of nitrogens with zero attached hydrogens (tertiary/aromatic N) is 2. The molecule has 0 bridgehead atoms. The number of likely N-dealkylation sites (N-methyl/N-ethyl adjacent to an activating group) is 1. The summed E-state index contributed by atoms with van der Waals surface area (Å²) in [6.45, 7) is 9.16. The van der Waals surface area contributed by atoms with Gasteiger partial charge < -0.3 is 19.0 Å². The van der Waals surface area contributed by atoms with Gasteiger partial charge in [0.05, 0.1) is 12.0 Å². The maximum Gasteiger partial charge on any atom is 0.340 e. The Morgan fingerprint density at radius 2 is 1.89 bits per heavy atom. The van der Waals surface area contributed by atoms with Crippen LogP contribution in [0.1, 0.15) is 37.0 Å². The number of hydrogen-bond donors (Lipinski definition) is 0. The van der Waals surface area contributed by atoms with Crippen molar-refractivity contribution < 1.29 is 13.9 Å². The molecule has 3 heterocycles. The Balaban J connectivity index is 1.66. The van der Waals surface area contributed by atoms with Crippen LogP contribution in [0.2, 0.25) is 0 Å². The van der Waals surface area contributed by atoms with E-state index in [0.717, 1.165) is 48.2 Å². The third-order valence-corrected chi connectivity index (χ3v) is 6.04. The lowest BCUT2D eigenvalue weighted by atomic mass is 9.92. The number of hydrogen-bond acceptors (Lipinski definition) is 5. The number of rotatable bonds is 2. The fraction of sp³-hybridized carbons (Fsp3) is 0.545. The molecular formula is C22H28N2O4. The van der Waals surface area contributed by atoms with Crippen LogP contribution in [0.25, 0.3) is 11.0 Å². The average Bonchev–Trinajstić information content (AvgIpc) is 2.63. The summed E-state index contributed by atoms with van der Waals surface area (Å²) in [5.74, 6) is 0.776. The van der Waals surface area contributed by atoms with E-state index >= 15 is 0 Å². The largest absolute Gasteiger partial charge is 0.487 e. The summed E-state index contributed by atoms with van der Waals surface area (Å²) in [5, 5.41) is 0.892. The van der Waals surface area contributed by atoms with Crippen LogP contribution in [-0.2, 0) is 17.6 Å². The van der Waals surface area contributed by atoms with Crippen LogP contribution in [0.3, 0.4) is 0 Å². The van der Waals surface area contributed by atoms with Crippen LogP contribution in [0.4, 0.5) is 0 Å². The zero-order chi connectivity index (χ0) is 20.1. The van der Waals surface area contributed by atoms with Crippen molar-refractivity contribution in [3.8, 4) is 5.75 Å². The number of carbonyl (C=O) groups is 1. The Hall–Kier alpha value is -2.34. The molecule has 6 heteroatoms. The van der Waals surface area contributed by atoms with Gasteiger partial charge in [-0.2, -0.15) is 0 Å². The van der Waals surface area contributed by atoms with Gasteiger partial charge in [0.2, 0.25) is 5.91 Å². The molecule has 4 rings (SSSR count). The smallest absolute Gasteiger partial charge is 0.340 e. The number of benzene rings is 1. The minimum atomic E-state index is -0.428. The van der Waals surface area contributed by atoms with Gasteiger partial charge in [-0.3, -0.25) is 4.79 Å². The number of ether oxygens (including phenoxy) is 1. The molecule has 150 valence electrons. The second kappa shape index (κ2) is 6.92. The van der Waals surface area contributed by atoms with Crippen LogP contribution >= 0.6 is 0 Å². The van der Waals surface area contributed by atoms with Gasteiger partial charge in [0.25, 0.3) is 0 Å². The van der Waals surface area contributed by atoms with Crippen molar-refractivity contribution in [3.05, 3.63) is 39.2 Å². The van der Waals surface area contributed by atoms with Crippen molar-refractivity contribution in [2.75, 3.05) is 33.2 Å². The second-order valence-corrected chi connectivity index (χ2v) is 8.67. The minimum Gasteiger partial charge on any atom is -0.487 e. The van der Waals surface area contributed by atoms with Crippen molar-refractivity contribution in [2.24, 2.45) is 0 Å². The van der Waals surface area contributed by atoms with Gasteiger partial charge >= 0.3 is 5.63 Å². The molecule has 0 atom stereocenters. The Kier molecular flexibility index (Phi) is 4.70. The van der Waals surface area contributed by atoms with Crippen molar-refractivity contribution in [1.82, 2.24) is 9.80 Å². The van der Waals surface area contributed by atoms with Crippen molar-refractivity contribution in [3.63, 3.8) is 0 Å². The molecule has 2 aliphatic heterocycles. The van der Waals surface area contributed by atoms with Gasteiger partial charge in [-0.05, 0) is 57.9 Å². The van der Waals surface area contributed by atoms with Gasteiger partial charge in [-0.15, -0.1) is 0 Å². The zero-order valence-electron chi connectivity index (χ0n) is 17.1. The number of fused-ring (bicyclic) bond motifs is 2. The van der Waals surface area contributed by atoms with Crippen LogP contribution in [-0.4, -0.2) is 54.5 Å². The number of amides is 1. The van der Waals surface area contributed by atoms with E-state index in [1.165, 1.54) is 0 Å². The summed E-state index contributed by atoms with van der Waals surface area (Å²) >= 11 is 0. The lowest BCUT2D eigenvalue weighted by Crippen LogP contribution is -2.47. The molecule has 1 aromatic carbocycles. The van der Waals surface area contributed by atoms with Gasteiger partial charge in [-0.25, -0.2) is 4.79 Å². The van der Waals surface area contributed by atoms with Gasteiger partial charge in [-0.1, -0.05) is 0 Å². The summed E-state index contributed by atoms with van der Waals surface area (Å²) in [6.07, 6.45) is 1.96. The normalized spacial score (nSPS) is 19.4. The van der Waals surface area contributed by atoms with E-state index in [-0.39, 0.29) is 17.9 Å². The maximum atomic E-state index is 12.7. The van der Waals surface area contributed by atoms with Crippen LogP contribution in [0, 0.1) is 6.92 Å². The monoisotopic (exact) mass is 384 g/mol. The summed E-state index contributed by atoms with van der Waals surface area (Å²) in [6, 6.07) is 3.88. The Labute approximate surface area is 165 Å². The first kappa shape index (κ1) is 19.0. The topological polar surface area (TPSA) is 63.0 Å². The minimum absolute atomic E-state index is 0.00843. The summed E-state index contributed by atoms with van der Waals surface area (Å²) in [5.41, 5.74) is 2.30. The molecule has 0 radical (unpaired) electrons. The molecule has 1 aromatic heterocycles. The SMILES string of the molecule is Cc1c(CC(=O)N2CCN(C)CC2)c(=O)oc2cc3c(cc12)CCC(C)(C)O3. The van der Waals surface area contributed by atoms with E-state index in [1.54, 1.807) is 0 Å². The first-order valence-corrected chi connectivity index (χ1v) is 9.98. The Morgan fingerprint density at radius 3 is 2.61 bits per heavy atom. The molecule has 0 saturated carbocycles. The third kappa shape index (κ3) is 3.53. The molecule has 0 unspecified atom stereocenters. The van der Waals surface area contributed by atoms with E-state index in [2.05, 4.69) is 31.9 Å². The highest BCUT2D eigenvalue weighted by Crippen LogP contribution is 2.36. The highest BCUT2D eigenvalue weighted by molar-refractivity contribution is 5.86. The lowest BCUT2D eigenvalue weighted by molar-refractivity contribution is -0.132. The molecule has 2 aliphatic rings. The first-order valence-electron chi connectivity index (χ1n) is 9.98. The fourth-order valence-corrected chi connectivity index (χ4v) is 4.06. The molecular weight excluding hydrogens is 356 g/mol. The van der Waals surface area contributed by atoms with E-state index in [9.17, 15) is 9.59 Å². The Bertz CT molecular complexity index is 984. The predicted molar refractivity (Wildman–Crippen MR) is 108 cm³/mol. The predicted octanol–water partition coefficient (Wildman–Crippen LogP) is 2.52. The van der Waals surface area contributed by atoms with Crippen molar-refractivity contribution in [2.45, 2.75) is 45.6 Å². The van der Waals surface area contributed by atoms with E-state index in [4.69, 9.17) is 9.15 Å². The average molecular weight is 384 g/mol. The molecule has 0 N–H and O–H groups in total. The zero-order valence-corrected chi connectivity index (χ0v) is 17.1. The molecule has 1 fully saturated rings. The Morgan fingerprint density at radius 1 is 1.18 bits per heavy atom. The van der Waals surface area contributed by atoms with Crippen LogP contribution in [0.15, 0.2) is 21.3 Å². The van der Waals surface area contributed by atoms with Gasteiger partial charge in [0.15, 0.2) is 0 Å². The quantitative estimate of drug-likeness (QED) is 0.745. The molecule has 28 heavy (non-hydrogen) atoms. The molecule has 1 amide bonds. The summed E-state index contributed by atoms with van der Waals surface area (Å²) < 4.78 is 11.7. The molecule has 0 spiro atoms. The highest BCUT2D eigenvalue weighted by Gasteiger charge is 2.28. The molecule has 6 nitrogen and oxygen atoms in total. The summed E-state index contributed by atoms with van der Waals surface area (Å²) in [4.78, 5) is 29.4.